The Morgan fingerprint density at radius 1 is 1.73 bits per heavy atom. The molecule has 0 bridgehead atoms. The highest BCUT2D eigenvalue weighted by atomic mass is 32.1. The van der Waals surface area contributed by atoms with Gasteiger partial charge < -0.3 is 15.8 Å². The highest BCUT2D eigenvalue weighted by Crippen LogP contribution is 2.41. The van der Waals surface area contributed by atoms with Crippen LogP contribution in [0.1, 0.15) is 11.8 Å². The summed E-state index contributed by atoms with van der Waals surface area (Å²) in [5.74, 6) is 0.540. The van der Waals surface area contributed by atoms with Gasteiger partial charge in [-0.3, -0.25) is 0 Å². The van der Waals surface area contributed by atoms with Gasteiger partial charge >= 0.3 is 0 Å². The van der Waals surface area contributed by atoms with E-state index in [1.54, 1.807) is 0 Å². The number of nitrogens with zero attached hydrogens (tertiary/aromatic N) is 1. The van der Waals surface area contributed by atoms with Crippen LogP contribution in [0.5, 0.6) is 5.75 Å². The standard InChI is InChI=1S/C10H13N3OS/c1-6(2)5-13-10-9(14-3)8(12)7(4-11)15-10/h13H,1,5,12H2,2-3H3. The molecule has 0 saturated heterocycles. The van der Waals surface area contributed by atoms with Crippen LogP contribution in [0.4, 0.5) is 10.7 Å². The number of methoxy groups -OCH3 is 1. The van der Waals surface area contributed by atoms with Gasteiger partial charge in [0.05, 0.1) is 7.11 Å². The number of anilines is 2. The average molecular weight is 223 g/mol. The molecule has 80 valence electrons. The molecule has 0 aliphatic rings. The minimum absolute atomic E-state index is 0.397. The van der Waals surface area contributed by atoms with Crippen molar-refractivity contribution in [3.8, 4) is 11.8 Å². The van der Waals surface area contributed by atoms with E-state index in [0.717, 1.165) is 10.6 Å². The lowest BCUT2D eigenvalue weighted by Gasteiger charge is -2.05. The molecular formula is C10H13N3OS. The van der Waals surface area contributed by atoms with Crippen molar-refractivity contribution in [2.75, 3.05) is 24.7 Å². The van der Waals surface area contributed by atoms with Crippen molar-refractivity contribution in [3.05, 3.63) is 17.0 Å². The minimum atomic E-state index is 0.397. The highest BCUT2D eigenvalue weighted by Gasteiger charge is 2.15. The molecule has 1 aromatic rings. The number of nitrogens with two attached hydrogens (primary N) is 1. The van der Waals surface area contributed by atoms with Crippen molar-refractivity contribution >= 4 is 22.0 Å². The summed E-state index contributed by atoms with van der Waals surface area (Å²) in [6, 6.07) is 2.03. The Hall–Kier alpha value is -1.67. The maximum Gasteiger partial charge on any atom is 0.177 e. The topological polar surface area (TPSA) is 71.1 Å². The summed E-state index contributed by atoms with van der Waals surface area (Å²) in [7, 11) is 1.53. The monoisotopic (exact) mass is 223 g/mol. The molecule has 3 N–H and O–H groups in total. The third-order valence-electron chi connectivity index (χ3n) is 1.76. The van der Waals surface area contributed by atoms with E-state index in [2.05, 4.69) is 11.9 Å². The van der Waals surface area contributed by atoms with Crippen molar-refractivity contribution in [2.24, 2.45) is 0 Å². The number of hydrogen-bond donors (Lipinski definition) is 2. The molecule has 0 spiro atoms. The van der Waals surface area contributed by atoms with E-state index in [4.69, 9.17) is 15.7 Å². The maximum absolute atomic E-state index is 8.81. The Balaban J connectivity index is 2.97. The van der Waals surface area contributed by atoms with Gasteiger partial charge in [-0.25, -0.2) is 0 Å². The molecule has 0 saturated carbocycles. The van der Waals surface area contributed by atoms with Gasteiger partial charge in [0.1, 0.15) is 21.6 Å². The van der Waals surface area contributed by atoms with E-state index >= 15 is 0 Å². The van der Waals surface area contributed by atoms with Crippen LogP contribution in [0.3, 0.4) is 0 Å². The molecule has 1 rings (SSSR count). The minimum Gasteiger partial charge on any atom is -0.492 e. The van der Waals surface area contributed by atoms with Crippen molar-refractivity contribution < 1.29 is 4.74 Å². The lowest BCUT2D eigenvalue weighted by Crippen LogP contribution is -2.01. The van der Waals surface area contributed by atoms with Crippen molar-refractivity contribution in [3.63, 3.8) is 0 Å². The predicted octanol–water partition coefficient (Wildman–Crippen LogP) is 2.20. The zero-order valence-electron chi connectivity index (χ0n) is 8.76. The largest absolute Gasteiger partial charge is 0.492 e. The quantitative estimate of drug-likeness (QED) is 0.768. The Labute approximate surface area is 93.0 Å². The van der Waals surface area contributed by atoms with Crippen molar-refractivity contribution in [1.82, 2.24) is 0 Å². The van der Waals surface area contributed by atoms with Gasteiger partial charge in [0.2, 0.25) is 0 Å². The first-order valence-corrected chi connectivity index (χ1v) is 5.16. The van der Waals surface area contributed by atoms with E-state index in [1.807, 2.05) is 13.0 Å². The molecule has 0 aromatic carbocycles. The maximum atomic E-state index is 8.81. The molecule has 15 heavy (non-hydrogen) atoms. The fourth-order valence-corrected chi connectivity index (χ4v) is 1.94. The fourth-order valence-electron chi connectivity index (χ4n) is 1.06. The van der Waals surface area contributed by atoms with Gasteiger partial charge in [-0.15, -0.1) is 11.3 Å². The van der Waals surface area contributed by atoms with Crippen LogP contribution < -0.4 is 15.8 Å². The van der Waals surface area contributed by atoms with Crippen LogP contribution >= 0.6 is 11.3 Å². The lowest BCUT2D eigenvalue weighted by molar-refractivity contribution is 0.420. The Kier molecular flexibility index (Phi) is 3.58. The summed E-state index contributed by atoms with van der Waals surface area (Å²) in [6.07, 6.45) is 0. The summed E-state index contributed by atoms with van der Waals surface area (Å²) in [5, 5.41) is 12.7. The molecule has 0 radical (unpaired) electrons. The molecule has 0 atom stereocenters. The normalized spacial score (nSPS) is 9.40. The molecular weight excluding hydrogens is 210 g/mol. The molecule has 0 aliphatic heterocycles. The number of ether oxygens (including phenoxy) is 1. The Morgan fingerprint density at radius 3 is 2.87 bits per heavy atom. The van der Waals surface area contributed by atoms with Crippen LogP contribution in [0, 0.1) is 11.3 Å². The van der Waals surface area contributed by atoms with E-state index in [9.17, 15) is 0 Å². The number of hydrogen-bond acceptors (Lipinski definition) is 5. The highest BCUT2D eigenvalue weighted by molar-refractivity contribution is 7.17. The van der Waals surface area contributed by atoms with E-state index in [-0.39, 0.29) is 0 Å². The number of nitriles is 1. The van der Waals surface area contributed by atoms with Gasteiger partial charge in [-0.05, 0) is 6.92 Å². The molecule has 0 fully saturated rings. The van der Waals surface area contributed by atoms with E-state index in [1.165, 1.54) is 18.4 Å². The average Bonchev–Trinajstić information content (AvgIpc) is 2.51. The molecule has 1 aromatic heterocycles. The second kappa shape index (κ2) is 4.71. The number of nitrogens with one attached hydrogen (secondary N) is 1. The zero-order chi connectivity index (χ0) is 11.4. The van der Waals surface area contributed by atoms with E-state index < -0.39 is 0 Å². The predicted molar refractivity (Wildman–Crippen MR) is 63.3 cm³/mol. The Morgan fingerprint density at radius 2 is 2.40 bits per heavy atom. The summed E-state index contributed by atoms with van der Waals surface area (Å²) in [6.45, 7) is 6.34. The zero-order valence-corrected chi connectivity index (χ0v) is 9.57. The molecule has 4 nitrogen and oxygen atoms in total. The molecule has 1 heterocycles. The van der Waals surface area contributed by atoms with Crippen molar-refractivity contribution in [2.45, 2.75) is 6.92 Å². The third-order valence-corrected chi connectivity index (χ3v) is 2.81. The summed E-state index contributed by atoms with van der Waals surface area (Å²) in [5.41, 5.74) is 7.13. The SMILES string of the molecule is C=C(C)CNc1sc(C#N)c(N)c1OC. The fraction of sp³-hybridized carbons (Fsp3) is 0.300. The first-order valence-electron chi connectivity index (χ1n) is 4.34. The summed E-state index contributed by atoms with van der Waals surface area (Å²) in [4.78, 5) is 0.469. The van der Waals surface area contributed by atoms with E-state index in [0.29, 0.717) is 22.9 Å². The van der Waals surface area contributed by atoms with Gasteiger partial charge in [-0.2, -0.15) is 5.26 Å². The summed E-state index contributed by atoms with van der Waals surface area (Å²) < 4.78 is 5.13. The molecule has 0 aliphatic carbocycles. The second-order valence-corrected chi connectivity index (χ2v) is 4.15. The molecule has 0 unspecified atom stereocenters. The first-order chi connectivity index (χ1) is 7.10. The molecule has 0 amide bonds. The first kappa shape index (κ1) is 11.4. The lowest BCUT2D eigenvalue weighted by atomic mass is 10.3. The molecule has 5 heteroatoms. The van der Waals surface area contributed by atoms with Crippen LogP contribution in [0.25, 0.3) is 0 Å². The van der Waals surface area contributed by atoms with Gasteiger partial charge in [0.15, 0.2) is 5.75 Å². The third kappa shape index (κ3) is 2.42. The number of rotatable bonds is 4. The van der Waals surface area contributed by atoms with Gasteiger partial charge in [-0.1, -0.05) is 12.2 Å². The Bertz CT molecular complexity index is 417. The number of nitrogen functional groups attached to an aromatic ring is 1. The number of thiophene rings is 1. The van der Waals surface area contributed by atoms with Crippen LogP contribution in [-0.4, -0.2) is 13.7 Å². The summed E-state index contributed by atoms with van der Waals surface area (Å²) >= 11 is 1.29. The van der Waals surface area contributed by atoms with Gasteiger partial charge in [0, 0.05) is 6.54 Å². The van der Waals surface area contributed by atoms with Gasteiger partial charge in [0.25, 0.3) is 0 Å². The smallest absolute Gasteiger partial charge is 0.177 e. The second-order valence-electron chi connectivity index (χ2n) is 3.13. The van der Waals surface area contributed by atoms with Crippen molar-refractivity contribution in [1.29, 1.82) is 5.26 Å². The van der Waals surface area contributed by atoms with Crippen LogP contribution in [-0.2, 0) is 0 Å². The van der Waals surface area contributed by atoms with Crippen LogP contribution in [0.2, 0.25) is 0 Å². The van der Waals surface area contributed by atoms with Crippen LogP contribution in [0.15, 0.2) is 12.2 Å².